The fourth-order valence-electron chi connectivity index (χ4n) is 2.75. The Morgan fingerprint density at radius 1 is 1.37 bits per heavy atom. The van der Waals surface area contributed by atoms with Crippen LogP contribution < -0.4 is 10.6 Å². The SMILES string of the molecule is O=C(Nc1cc(F)cc(Br)c1)N[C@H]1C[C@H]2CC[C@H]1O2. The number of carbonyl (C=O) groups excluding carboxylic acids is 1. The normalized spacial score (nSPS) is 28.4. The summed E-state index contributed by atoms with van der Waals surface area (Å²) in [5.41, 5.74) is 0.424. The third-order valence-corrected chi connectivity index (χ3v) is 4.00. The quantitative estimate of drug-likeness (QED) is 0.876. The predicted octanol–water partition coefficient (Wildman–Crippen LogP) is 3.03. The molecule has 2 amide bonds. The maximum Gasteiger partial charge on any atom is 0.319 e. The zero-order chi connectivity index (χ0) is 13.4. The molecule has 4 nitrogen and oxygen atoms in total. The Morgan fingerprint density at radius 3 is 2.84 bits per heavy atom. The summed E-state index contributed by atoms with van der Waals surface area (Å²) in [4.78, 5) is 11.9. The van der Waals surface area contributed by atoms with Crippen molar-refractivity contribution in [3.63, 3.8) is 0 Å². The average Bonchev–Trinajstić information content (AvgIpc) is 2.88. The summed E-state index contributed by atoms with van der Waals surface area (Å²) in [7, 11) is 0. The molecule has 0 saturated carbocycles. The number of fused-ring (bicyclic) bond motifs is 2. The van der Waals surface area contributed by atoms with Crippen molar-refractivity contribution < 1.29 is 13.9 Å². The van der Waals surface area contributed by atoms with Crippen molar-refractivity contribution in [2.24, 2.45) is 0 Å². The molecule has 1 aromatic rings. The Kier molecular flexibility index (Phi) is 3.45. The number of hydrogen-bond acceptors (Lipinski definition) is 2. The van der Waals surface area contributed by atoms with Crippen LogP contribution in [0, 0.1) is 5.82 Å². The molecule has 2 bridgehead atoms. The van der Waals surface area contributed by atoms with E-state index in [0.29, 0.717) is 16.3 Å². The minimum Gasteiger partial charge on any atom is -0.373 e. The molecule has 0 aliphatic carbocycles. The third-order valence-electron chi connectivity index (χ3n) is 3.54. The molecule has 2 heterocycles. The van der Waals surface area contributed by atoms with Crippen molar-refractivity contribution in [2.45, 2.75) is 37.5 Å². The largest absolute Gasteiger partial charge is 0.373 e. The van der Waals surface area contributed by atoms with E-state index in [9.17, 15) is 9.18 Å². The van der Waals surface area contributed by atoms with E-state index in [-0.39, 0.29) is 18.2 Å². The molecule has 0 radical (unpaired) electrons. The van der Waals surface area contributed by atoms with Crippen molar-refractivity contribution in [3.8, 4) is 0 Å². The molecule has 2 N–H and O–H groups in total. The number of urea groups is 1. The van der Waals surface area contributed by atoms with Gasteiger partial charge in [0.15, 0.2) is 0 Å². The lowest BCUT2D eigenvalue weighted by Gasteiger charge is -2.20. The van der Waals surface area contributed by atoms with Crippen molar-refractivity contribution in [3.05, 3.63) is 28.5 Å². The van der Waals surface area contributed by atoms with E-state index in [2.05, 4.69) is 26.6 Å². The van der Waals surface area contributed by atoms with Crippen LogP contribution in [-0.2, 0) is 4.74 Å². The number of amides is 2. The molecule has 1 aromatic carbocycles. The van der Waals surface area contributed by atoms with Gasteiger partial charge in [0.2, 0.25) is 0 Å². The summed E-state index contributed by atoms with van der Waals surface area (Å²) in [6.45, 7) is 0. The van der Waals surface area contributed by atoms with Gasteiger partial charge in [-0.25, -0.2) is 9.18 Å². The van der Waals surface area contributed by atoms with E-state index < -0.39 is 5.82 Å². The van der Waals surface area contributed by atoms with E-state index in [1.807, 2.05) is 0 Å². The van der Waals surface area contributed by atoms with Crippen LogP contribution in [0.15, 0.2) is 22.7 Å². The molecule has 0 unspecified atom stereocenters. The summed E-state index contributed by atoms with van der Waals surface area (Å²) in [5, 5.41) is 5.52. The Balaban J connectivity index is 1.59. The van der Waals surface area contributed by atoms with Gasteiger partial charge >= 0.3 is 6.03 Å². The summed E-state index contributed by atoms with van der Waals surface area (Å²) in [6.07, 6.45) is 3.38. The summed E-state index contributed by atoms with van der Waals surface area (Å²) in [6, 6.07) is 4.02. The number of ether oxygens (including phenoxy) is 1. The highest BCUT2D eigenvalue weighted by Gasteiger charge is 2.41. The Bertz CT molecular complexity index is 491. The van der Waals surface area contributed by atoms with Gasteiger partial charge in [-0.05, 0) is 37.5 Å². The van der Waals surface area contributed by atoms with Gasteiger partial charge in [-0.1, -0.05) is 15.9 Å². The molecular weight excluding hydrogens is 315 g/mol. The second-order valence-corrected chi connectivity index (χ2v) is 5.89. The van der Waals surface area contributed by atoms with E-state index in [0.717, 1.165) is 19.3 Å². The second-order valence-electron chi connectivity index (χ2n) is 4.97. The first-order valence-corrected chi connectivity index (χ1v) is 7.08. The number of anilines is 1. The Morgan fingerprint density at radius 2 is 2.21 bits per heavy atom. The monoisotopic (exact) mass is 328 g/mol. The van der Waals surface area contributed by atoms with Crippen LogP contribution in [0.4, 0.5) is 14.9 Å². The van der Waals surface area contributed by atoms with Gasteiger partial charge in [-0.3, -0.25) is 0 Å². The number of hydrogen-bond donors (Lipinski definition) is 2. The van der Waals surface area contributed by atoms with E-state index in [1.54, 1.807) is 6.07 Å². The highest BCUT2D eigenvalue weighted by atomic mass is 79.9. The van der Waals surface area contributed by atoms with Crippen LogP contribution in [0.5, 0.6) is 0 Å². The van der Waals surface area contributed by atoms with Gasteiger partial charge in [-0.2, -0.15) is 0 Å². The lowest BCUT2D eigenvalue weighted by Crippen LogP contribution is -2.43. The summed E-state index contributed by atoms with van der Waals surface area (Å²) >= 11 is 3.19. The highest BCUT2D eigenvalue weighted by molar-refractivity contribution is 9.10. The maximum absolute atomic E-state index is 13.2. The van der Waals surface area contributed by atoms with Crippen LogP contribution in [0.3, 0.4) is 0 Å². The number of benzene rings is 1. The number of rotatable bonds is 2. The molecule has 102 valence electrons. The van der Waals surface area contributed by atoms with Crippen molar-refractivity contribution >= 4 is 27.6 Å². The zero-order valence-electron chi connectivity index (χ0n) is 10.2. The molecule has 2 fully saturated rings. The highest BCUT2D eigenvalue weighted by Crippen LogP contribution is 2.34. The van der Waals surface area contributed by atoms with Gasteiger partial charge in [0.05, 0.1) is 18.2 Å². The predicted molar refractivity (Wildman–Crippen MR) is 72.6 cm³/mol. The molecule has 3 atom stereocenters. The molecule has 19 heavy (non-hydrogen) atoms. The van der Waals surface area contributed by atoms with Gasteiger partial charge in [0.25, 0.3) is 0 Å². The van der Waals surface area contributed by atoms with E-state index >= 15 is 0 Å². The van der Waals surface area contributed by atoms with Gasteiger partial charge in [0.1, 0.15) is 5.82 Å². The van der Waals surface area contributed by atoms with Crippen LogP contribution in [-0.4, -0.2) is 24.3 Å². The lowest BCUT2D eigenvalue weighted by molar-refractivity contribution is 0.0984. The van der Waals surface area contributed by atoms with Gasteiger partial charge in [-0.15, -0.1) is 0 Å². The lowest BCUT2D eigenvalue weighted by atomic mass is 9.96. The first-order valence-electron chi connectivity index (χ1n) is 6.29. The van der Waals surface area contributed by atoms with Crippen molar-refractivity contribution in [2.75, 3.05) is 5.32 Å². The van der Waals surface area contributed by atoms with Crippen LogP contribution in [0.2, 0.25) is 0 Å². The zero-order valence-corrected chi connectivity index (χ0v) is 11.7. The van der Waals surface area contributed by atoms with Gasteiger partial charge in [0, 0.05) is 10.2 Å². The van der Waals surface area contributed by atoms with Crippen molar-refractivity contribution in [1.29, 1.82) is 0 Å². The molecule has 2 aliphatic heterocycles. The fourth-order valence-corrected chi connectivity index (χ4v) is 3.22. The van der Waals surface area contributed by atoms with E-state index in [1.165, 1.54) is 12.1 Å². The molecule has 0 aromatic heterocycles. The minimum atomic E-state index is -0.395. The third kappa shape index (κ3) is 2.90. The summed E-state index contributed by atoms with van der Waals surface area (Å²) in [5.74, 6) is -0.395. The van der Waals surface area contributed by atoms with Gasteiger partial charge < -0.3 is 15.4 Å². The average molecular weight is 329 g/mol. The molecule has 2 saturated heterocycles. The van der Waals surface area contributed by atoms with Crippen LogP contribution >= 0.6 is 15.9 Å². The Labute approximate surface area is 118 Å². The molecule has 3 rings (SSSR count). The molecule has 6 heteroatoms. The standard InChI is InChI=1S/C13H14BrFN2O2/c14-7-3-8(15)5-9(4-7)16-13(18)17-11-6-10-1-2-12(11)19-10/h3-5,10-12H,1-2,6H2,(H2,16,17,18)/t10-,11+,12-/m1/s1. The number of nitrogens with one attached hydrogen (secondary N) is 2. The number of halogens is 2. The topological polar surface area (TPSA) is 50.4 Å². The maximum atomic E-state index is 13.2. The van der Waals surface area contributed by atoms with Crippen LogP contribution in [0.25, 0.3) is 0 Å². The molecule has 2 aliphatic rings. The summed E-state index contributed by atoms with van der Waals surface area (Å²) < 4.78 is 19.4. The first-order chi connectivity index (χ1) is 9.10. The Hall–Kier alpha value is -1.14. The van der Waals surface area contributed by atoms with Crippen molar-refractivity contribution in [1.82, 2.24) is 5.32 Å². The van der Waals surface area contributed by atoms with E-state index in [4.69, 9.17) is 4.74 Å². The minimum absolute atomic E-state index is 0.0655. The fraction of sp³-hybridized carbons (Fsp3) is 0.462. The van der Waals surface area contributed by atoms with Crippen LogP contribution in [0.1, 0.15) is 19.3 Å². The molecule has 0 spiro atoms. The first kappa shape index (κ1) is 12.9. The number of carbonyl (C=O) groups is 1. The molecular formula is C13H14BrFN2O2. The second kappa shape index (κ2) is 5.09. The smallest absolute Gasteiger partial charge is 0.319 e.